The van der Waals surface area contributed by atoms with E-state index in [9.17, 15) is 9.59 Å². The van der Waals surface area contributed by atoms with Gasteiger partial charge in [-0.15, -0.1) is 0 Å². The highest BCUT2D eigenvalue weighted by molar-refractivity contribution is 6.51. The molecule has 0 saturated carbocycles. The molecule has 0 radical (unpaired) electrons. The molecule has 0 bridgehead atoms. The number of anilines is 1. The fourth-order valence-corrected chi connectivity index (χ4v) is 1.44. The lowest BCUT2D eigenvalue weighted by molar-refractivity contribution is -0.120. The molecule has 0 unspecified atom stereocenters. The SMILES string of the molecule is O=C1C=C(Cl)C(=O)N1c1ccccc1. The van der Waals surface area contributed by atoms with Crippen LogP contribution in [0.3, 0.4) is 0 Å². The first-order valence-electron chi connectivity index (χ1n) is 4.01. The van der Waals surface area contributed by atoms with E-state index in [-0.39, 0.29) is 5.03 Å². The van der Waals surface area contributed by atoms with Crippen molar-refractivity contribution in [1.29, 1.82) is 0 Å². The molecule has 1 heterocycles. The highest BCUT2D eigenvalue weighted by Gasteiger charge is 2.30. The minimum absolute atomic E-state index is 0.0427. The fourth-order valence-electron chi connectivity index (χ4n) is 1.26. The number of hydrogen-bond acceptors (Lipinski definition) is 2. The summed E-state index contributed by atoms with van der Waals surface area (Å²) < 4.78 is 0. The molecule has 70 valence electrons. The van der Waals surface area contributed by atoms with E-state index in [1.54, 1.807) is 24.3 Å². The second-order valence-electron chi connectivity index (χ2n) is 2.81. The molecular weight excluding hydrogens is 202 g/mol. The van der Waals surface area contributed by atoms with Crippen molar-refractivity contribution < 1.29 is 9.59 Å². The maximum atomic E-state index is 11.4. The first-order chi connectivity index (χ1) is 6.70. The molecule has 0 saturated heterocycles. The minimum Gasteiger partial charge on any atom is -0.269 e. The van der Waals surface area contributed by atoms with Crippen molar-refractivity contribution in [3.8, 4) is 0 Å². The maximum absolute atomic E-state index is 11.4. The summed E-state index contributed by atoms with van der Waals surface area (Å²) in [5.41, 5.74) is 0.536. The molecule has 0 aliphatic carbocycles. The van der Waals surface area contributed by atoms with Gasteiger partial charge in [0.1, 0.15) is 5.03 Å². The van der Waals surface area contributed by atoms with Gasteiger partial charge in [-0.3, -0.25) is 9.59 Å². The topological polar surface area (TPSA) is 37.4 Å². The molecule has 2 amide bonds. The van der Waals surface area contributed by atoms with Gasteiger partial charge in [0.05, 0.1) is 5.69 Å². The average Bonchev–Trinajstić information content (AvgIpc) is 2.43. The standard InChI is InChI=1S/C10H6ClNO2/c11-8-6-9(13)12(10(8)14)7-4-2-1-3-5-7/h1-6H. The summed E-state index contributed by atoms with van der Waals surface area (Å²) in [5.74, 6) is -0.867. The second-order valence-corrected chi connectivity index (χ2v) is 3.21. The van der Waals surface area contributed by atoms with E-state index in [1.807, 2.05) is 6.07 Å². The van der Waals surface area contributed by atoms with E-state index in [0.717, 1.165) is 11.0 Å². The molecule has 0 atom stereocenters. The van der Waals surface area contributed by atoms with Gasteiger partial charge in [0, 0.05) is 6.08 Å². The quantitative estimate of drug-likeness (QED) is 0.657. The van der Waals surface area contributed by atoms with Crippen LogP contribution < -0.4 is 4.90 Å². The molecule has 1 aromatic carbocycles. The minimum atomic E-state index is -0.470. The van der Waals surface area contributed by atoms with E-state index in [4.69, 9.17) is 11.6 Å². The monoisotopic (exact) mass is 207 g/mol. The summed E-state index contributed by atoms with van der Waals surface area (Å²) in [6, 6.07) is 8.67. The average molecular weight is 208 g/mol. The Hall–Kier alpha value is -1.61. The summed E-state index contributed by atoms with van der Waals surface area (Å²) in [4.78, 5) is 23.8. The molecule has 0 aromatic heterocycles. The van der Waals surface area contributed by atoms with Crippen LogP contribution in [0.25, 0.3) is 0 Å². The second kappa shape index (κ2) is 3.27. The van der Waals surface area contributed by atoms with Crippen molar-refractivity contribution in [2.45, 2.75) is 0 Å². The summed E-state index contributed by atoms with van der Waals surface area (Å²) in [7, 11) is 0. The zero-order valence-electron chi connectivity index (χ0n) is 7.11. The Labute approximate surface area is 85.6 Å². The smallest absolute Gasteiger partial charge is 0.269 e. The molecule has 0 fully saturated rings. The Bertz CT molecular complexity index is 425. The maximum Gasteiger partial charge on any atom is 0.277 e. The highest BCUT2D eigenvalue weighted by atomic mass is 35.5. The van der Waals surface area contributed by atoms with Crippen molar-refractivity contribution in [2.75, 3.05) is 4.90 Å². The number of carbonyl (C=O) groups excluding carboxylic acids is 2. The van der Waals surface area contributed by atoms with Crippen molar-refractivity contribution in [3.05, 3.63) is 41.4 Å². The first-order valence-corrected chi connectivity index (χ1v) is 4.38. The Morgan fingerprint density at radius 1 is 1.07 bits per heavy atom. The van der Waals surface area contributed by atoms with E-state index >= 15 is 0 Å². The van der Waals surface area contributed by atoms with Gasteiger partial charge in [-0.05, 0) is 12.1 Å². The molecule has 1 aliphatic rings. The van der Waals surface area contributed by atoms with Crippen LogP contribution in [-0.4, -0.2) is 11.8 Å². The Balaban J connectivity index is 2.39. The Kier molecular flexibility index (Phi) is 2.09. The van der Waals surface area contributed by atoms with Crippen LogP contribution in [0.1, 0.15) is 0 Å². The third kappa shape index (κ3) is 1.32. The number of halogens is 1. The summed E-state index contributed by atoms with van der Waals surface area (Å²) in [6.45, 7) is 0. The van der Waals surface area contributed by atoms with Crippen molar-refractivity contribution in [1.82, 2.24) is 0 Å². The number of carbonyl (C=O) groups is 2. The number of amides is 2. The normalized spacial score (nSPS) is 16.1. The van der Waals surface area contributed by atoms with Crippen molar-refractivity contribution >= 4 is 29.1 Å². The first kappa shape index (κ1) is 8.97. The number of nitrogens with zero attached hydrogens (tertiary/aromatic N) is 1. The molecule has 1 aliphatic heterocycles. The lowest BCUT2D eigenvalue weighted by Gasteiger charge is -2.13. The predicted octanol–water partition coefficient (Wildman–Crippen LogP) is 1.68. The number of imide groups is 1. The van der Waals surface area contributed by atoms with Gasteiger partial charge in [-0.2, -0.15) is 0 Å². The number of rotatable bonds is 1. The van der Waals surface area contributed by atoms with Crippen LogP contribution in [-0.2, 0) is 9.59 Å². The van der Waals surface area contributed by atoms with Crippen LogP contribution in [0.5, 0.6) is 0 Å². The van der Waals surface area contributed by atoms with Gasteiger partial charge in [-0.1, -0.05) is 29.8 Å². The molecule has 1 aromatic rings. The van der Waals surface area contributed by atoms with E-state index < -0.39 is 11.8 Å². The fraction of sp³-hybridized carbons (Fsp3) is 0. The van der Waals surface area contributed by atoms with E-state index in [1.165, 1.54) is 0 Å². The summed E-state index contributed by atoms with van der Waals surface area (Å²) in [5, 5.41) is -0.0427. The summed E-state index contributed by atoms with van der Waals surface area (Å²) in [6.07, 6.45) is 1.12. The predicted molar refractivity (Wildman–Crippen MR) is 52.9 cm³/mol. The van der Waals surface area contributed by atoms with Gasteiger partial charge in [0.15, 0.2) is 0 Å². The van der Waals surface area contributed by atoms with Gasteiger partial charge >= 0.3 is 0 Å². The lowest BCUT2D eigenvalue weighted by Crippen LogP contribution is -2.30. The zero-order valence-corrected chi connectivity index (χ0v) is 7.86. The van der Waals surface area contributed by atoms with Crippen LogP contribution in [0, 0.1) is 0 Å². The third-order valence-corrected chi connectivity index (χ3v) is 2.16. The van der Waals surface area contributed by atoms with Crippen molar-refractivity contribution in [2.24, 2.45) is 0 Å². The molecular formula is C10H6ClNO2. The van der Waals surface area contributed by atoms with Gasteiger partial charge in [0.25, 0.3) is 11.8 Å². The largest absolute Gasteiger partial charge is 0.277 e. The lowest BCUT2D eigenvalue weighted by atomic mass is 10.3. The van der Waals surface area contributed by atoms with E-state index in [2.05, 4.69) is 0 Å². The number of para-hydroxylation sites is 1. The van der Waals surface area contributed by atoms with Crippen LogP contribution in [0.15, 0.2) is 41.4 Å². The molecule has 4 heteroatoms. The highest BCUT2D eigenvalue weighted by Crippen LogP contribution is 2.23. The van der Waals surface area contributed by atoms with E-state index in [0.29, 0.717) is 5.69 Å². The van der Waals surface area contributed by atoms with Crippen LogP contribution in [0.4, 0.5) is 5.69 Å². The molecule has 0 spiro atoms. The Morgan fingerprint density at radius 2 is 1.71 bits per heavy atom. The van der Waals surface area contributed by atoms with Crippen molar-refractivity contribution in [3.63, 3.8) is 0 Å². The van der Waals surface area contributed by atoms with Gasteiger partial charge < -0.3 is 0 Å². The molecule has 3 nitrogen and oxygen atoms in total. The van der Waals surface area contributed by atoms with Crippen LogP contribution in [0.2, 0.25) is 0 Å². The Morgan fingerprint density at radius 3 is 2.21 bits per heavy atom. The molecule has 2 rings (SSSR count). The molecule has 0 N–H and O–H groups in total. The third-order valence-electron chi connectivity index (χ3n) is 1.89. The molecule has 14 heavy (non-hydrogen) atoms. The van der Waals surface area contributed by atoms with Gasteiger partial charge in [0.2, 0.25) is 0 Å². The van der Waals surface area contributed by atoms with Gasteiger partial charge in [-0.25, -0.2) is 4.90 Å². The number of hydrogen-bond donors (Lipinski definition) is 0. The van der Waals surface area contributed by atoms with Crippen LogP contribution >= 0.6 is 11.6 Å². The zero-order chi connectivity index (χ0) is 10.1. The number of benzene rings is 1. The summed E-state index contributed by atoms with van der Waals surface area (Å²) >= 11 is 5.55.